The van der Waals surface area contributed by atoms with E-state index in [4.69, 9.17) is 14.7 Å². The second-order valence-electron chi connectivity index (χ2n) is 6.51. The lowest BCUT2D eigenvalue weighted by Crippen LogP contribution is -1.93. The molecule has 4 nitrogen and oxygen atoms in total. The molecule has 1 aliphatic carbocycles. The molecule has 0 amide bonds. The van der Waals surface area contributed by atoms with Crippen LogP contribution in [0.15, 0.2) is 42.5 Å². The third-order valence-corrected chi connectivity index (χ3v) is 4.67. The van der Waals surface area contributed by atoms with Crippen molar-refractivity contribution in [1.82, 2.24) is 9.97 Å². The summed E-state index contributed by atoms with van der Waals surface area (Å²) in [5.74, 6) is 0.470. The zero-order valence-electron chi connectivity index (χ0n) is 13.8. The summed E-state index contributed by atoms with van der Waals surface area (Å²) in [6.45, 7) is 4.62. The van der Waals surface area contributed by atoms with E-state index >= 15 is 0 Å². The van der Waals surface area contributed by atoms with Crippen LogP contribution in [0.2, 0.25) is 0 Å². The number of aryl methyl sites for hydroxylation is 2. The van der Waals surface area contributed by atoms with Crippen molar-refractivity contribution in [3.8, 4) is 28.3 Å². The summed E-state index contributed by atoms with van der Waals surface area (Å²) >= 11 is 0. The highest BCUT2D eigenvalue weighted by Crippen LogP contribution is 2.46. The van der Waals surface area contributed by atoms with Crippen molar-refractivity contribution >= 4 is 28.3 Å². The van der Waals surface area contributed by atoms with Crippen molar-refractivity contribution in [3.63, 3.8) is 0 Å². The predicted octanol–water partition coefficient (Wildman–Crippen LogP) is 4.58. The Morgan fingerprint density at radius 3 is 2.12 bits per heavy atom. The van der Waals surface area contributed by atoms with Crippen LogP contribution in [-0.4, -0.2) is 16.4 Å². The fourth-order valence-electron chi connectivity index (χ4n) is 3.73. The first-order valence-corrected chi connectivity index (χ1v) is 8.12. The summed E-state index contributed by atoms with van der Waals surface area (Å²) in [5.41, 5.74) is 8.00. The zero-order valence-corrected chi connectivity index (χ0v) is 13.8. The lowest BCUT2D eigenvalue weighted by atomic mass is 9.99. The predicted molar refractivity (Wildman–Crippen MR) is 97.6 cm³/mol. The van der Waals surface area contributed by atoms with Crippen LogP contribution in [0.4, 0.5) is 0 Å². The number of rotatable bonds is 2. The van der Waals surface area contributed by atoms with Gasteiger partial charge in [0, 0.05) is 22.6 Å². The van der Waals surface area contributed by atoms with E-state index in [1.165, 1.54) is 21.9 Å². The number of fused-ring (bicyclic) bond motifs is 4. The molecule has 0 saturated heterocycles. The van der Waals surface area contributed by atoms with Gasteiger partial charge in [0.2, 0.25) is 0 Å². The molecule has 0 spiro atoms. The van der Waals surface area contributed by atoms with Gasteiger partial charge in [-0.05, 0) is 54.6 Å². The Kier molecular flexibility index (Phi) is 2.74. The normalized spacial score (nSPS) is 11.8. The molecule has 0 bridgehead atoms. The van der Waals surface area contributed by atoms with Crippen molar-refractivity contribution in [3.05, 3.63) is 53.6 Å². The Morgan fingerprint density at radius 1 is 0.840 bits per heavy atom. The van der Waals surface area contributed by atoms with E-state index in [0.29, 0.717) is 12.2 Å². The molecular formula is C21H14N2O2. The summed E-state index contributed by atoms with van der Waals surface area (Å²) in [7, 11) is 0. The maximum atomic E-state index is 10.6. The third-order valence-electron chi connectivity index (χ3n) is 4.67. The molecule has 0 fully saturated rings. The van der Waals surface area contributed by atoms with Gasteiger partial charge < -0.3 is 4.74 Å². The van der Waals surface area contributed by atoms with Crippen molar-refractivity contribution in [1.29, 1.82) is 0 Å². The summed E-state index contributed by atoms with van der Waals surface area (Å²) in [6.07, 6.45) is 0. The van der Waals surface area contributed by atoms with Crippen LogP contribution in [-0.2, 0) is 4.79 Å². The number of aromatic nitrogens is 2. The van der Waals surface area contributed by atoms with E-state index in [2.05, 4.69) is 38.1 Å². The quantitative estimate of drug-likeness (QED) is 0.445. The van der Waals surface area contributed by atoms with E-state index in [-0.39, 0.29) is 0 Å². The Morgan fingerprint density at radius 2 is 1.48 bits per heavy atom. The molecule has 4 heteroatoms. The molecule has 25 heavy (non-hydrogen) atoms. The first-order chi connectivity index (χ1) is 12.1. The molecule has 0 saturated carbocycles. The van der Waals surface area contributed by atoms with E-state index in [9.17, 15) is 4.79 Å². The van der Waals surface area contributed by atoms with Gasteiger partial charge in [0.25, 0.3) is 6.47 Å². The molecule has 1 heterocycles. The van der Waals surface area contributed by atoms with E-state index in [1.807, 2.05) is 6.07 Å². The Labute approximate surface area is 144 Å². The molecule has 3 aromatic carbocycles. The standard InChI is InChI=1S/C21H14N2O2/c1-11-5-13-6-12(2)8-16-19(13)15(7-11)20-21(16)23-18-9-14(25-10-24)3-4-17(18)22-20/h3-10H,1-2H3. The van der Waals surface area contributed by atoms with Crippen molar-refractivity contribution in [2.24, 2.45) is 0 Å². The smallest absolute Gasteiger partial charge is 0.298 e. The van der Waals surface area contributed by atoms with Gasteiger partial charge in [0.05, 0.1) is 22.4 Å². The van der Waals surface area contributed by atoms with Crippen molar-refractivity contribution in [2.75, 3.05) is 0 Å². The minimum absolute atomic E-state index is 0.421. The van der Waals surface area contributed by atoms with Crippen LogP contribution in [0.1, 0.15) is 11.1 Å². The molecule has 0 aliphatic heterocycles. The van der Waals surface area contributed by atoms with Crippen LogP contribution in [0.25, 0.3) is 44.3 Å². The molecule has 0 atom stereocenters. The number of carbonyl (C=O) groups is 1. The number of nitrogens with zero attached hydrogens (tertiary/aromatic N) is 2. The van der Waals surface area contributed by atoms with Crippen LogP contribution in [0, 0.1) is 13.8 Å². The largest absolute Gasteiger partial charge is 0.429 e. The third kappa shape index (κ3) is 1.97. The minimum atomic E-state index is 0.421. The molecule has 120 valence electrons. The van der Waals surface area contributed by atoms with Gasteiger partial charge in [0.1, 0.15) is 5.75 Å². The molecular weight excluding hydrogens is 312 g/mol. The van der Waals surface area contributed by atoms with E-state index in [1.54, 1.807) is 12.1 Å². The van der Waals surface area contributed by atoms with Crippen LogP contribution < -0.4 is 4.74 Å². The number of ether oxygens (including phenoxy) is 1. The molecule has 1 aliphatic rings. The zero-order chi connectivity index (χ0) is 17.1. The maximum absolute atomic E-state index is 10.6. The second kappa shape index (κ2) is 4.86. The number of hydrogen-bond donors (Lipinski definition) is 0. The van der Waals surface area contributed by atoms with Gasteiger partial charge in [0.15, 0.2) is 0 Å². The van der Waals surface area contributed by atoms with Crippen LogP contribution >= 0.6 is 0 Å². The number of benzene rings is 3. The Balaban J connectivity index is 1.88. The van der Waals surface area contributed by atoms with Crippen LogP contribution in [0.5, 0.6) is 5.75 Å². The second-order valence-corrected chi connectivity index (χ2v) is 6.51. The SMILES string of the molecule is Cc1cc2c3c(cc(C)cc3c1)-c1nc3cc(OC=O)ccc3nc1-2. The average molecular weight is 326 g/mol. The molecule has 0 N–H and O–H groups in total. The highest BCUT2D eigenvalue weighted by atomic mass is 16.5. The highest BCUT2D eigenvalue weighted by Gasteiger charge is 2.25. The monoisotopic (exact) mass is 326 g/mol. The first-order valence-electron chi connectivity index (χ1n) is 8.12. The summed E-state index contributed by atoms with van der Waals surface area (Å²) < 4.78 is 4.94. The fourth-order valence-corrected chi connectivity index (χ4v) is 3.73. The average Bonchev–Trinajstić information content (AvgIpc) is 2.87. The number of hydrogen-bond acceptors (Lipinski definition) is 4. The van der Waals surface area contributed by atoms with Crippen molar-refractivity contribution < 1.29 is 9.53 Å². The highest BCUT2D eigenvalue weighted by molar-refractivity contribution is 6.14. The van der Waals surface area contributed by atoms with Gasteiger partial charge >= 0.3 is 0 Å². The Hall–Kier alpha value is -3.27. The van der Waals surface area contributed by atoms with Gasteiger partial charge in [-0.15, -0.1) is 0 Å². The topological polar surface area (TPSA) is 52.1 Å². The fraction of sp³-hybridized carbons (Fsp3) is 0.0952. The lowest BCUT2D eigenvalue weighted by Gasteiger charge is -2.05. The van der Waals surface area contributed by atoms with Crippen LogP contribution in [0.3, 0.4) is 0 Å². The molecule has 4 aromatic rings. The molecule has 1 aromatic heterocycles. The minimum Gasteiger partial charge on any atom is -0.429 e. The first kappa shape index (κ1) is 14.1. The molecule has 5 rings (SSSR count). The summed E-state index contributed by atoms with van der Waals surface area (Å²) in [6, 6.07) is 14.1. The lowest BCUT2D eigenvalue weighted by molar-refractivity contribution is -0.120. The summed E-state index contributed by atoms with van der Waals surface area (Å²) in [4.78, 5) is 20.3. The van der Waals surface area contributed by atoms with Gasteiger partial charge in [-0.3, -0.25) is 4.79 Å². The van der Waals surface area contributed by atoms with Gasteiger partial charge in [-0.1, -0.05) is 12.1 Å². The van der Waals surface area contributed by atoms with Gasteiger partial charge in [-0.2, -0.15) is 0 Å². The molecule has 0 unspecified atom stereocenters. The Bertz CT molecular complexity index is 1210. The van der Waals surface area contributed by atoms with E-state index in [0.717, 1.165) is 33.5 Å². The van der Waals surface area contributed by atoms with Crippen molar-refractivity contribution in [2.45, 2.75) is 13.8 Å². The van der Waals surface area contributed by atoms with Gasteiger partial charge in [-0.25, -0.2) is 9.97 Å². The summed E-state index contributed by atoms with van der Waals surface area (Å²) in [5, 5.41) is 2.43. The maximum Gasteiger partial charge on any atom is 0.298 e. The van der Waals surface area contributed by atoms with E-state index < -0.39 is 0 Å². The molecule has 0 radical (unpaired) electrons. The number of carbonyl (C=O) groups excluding carboxylic acids is 1.